The van der Waals surface area contributed by atoms with Crippen molar-refractivity contribution in [3.63, 3.8) is 0 Å². The quantitative estimate of drug-likeness (QED) is 0.477. The summed E-state index contributed by atoms with van der Waals surface area (Å²) in [5, 5.41) is 0. The Morgan fingerprint density at radius 3 is 1.96 bits per heavy atom. The third kappa shape index (κ3) is 6.16. The van der Waals surface area contributed by atoms with Crippen LogP contribution in [0, 0.1) is 11.8 Å². The zero-order chi connectivity index (χ0) is 18.9. The summed E-state index contributed by atoms with van der Waals surface area (Å²) in [6.45, 7) is 4.50. The third-order valence-electron chi connectivity index (χ3n) is 6.23. The normalized spacial score (nSPS) is 19.9. The minimum absolute atomic E-state index is 0.840. The Morgan fingerprint density at radius 1 is 0.741 bits per heavy atom. The maximum atomic E-state index is 4.53. The Labute approximate surface area is 165 Å². The van der Waals surface area contributed by atoms with E-state index >= 15 is 0 Å². The minimum Gasteiger partial charge on any atom is -0.236 e. The molecule has 2 aromatic rings. The number of aryl methyl sites for hydroxylation is 2. The van der Waals surface area contributed by atoms with E-state index < -0.39 is 0 Å². The monoisotopic (exact) mass is 364 g/mol. The molecule has 2 nitrogen and oxygen atoms in total. The van der Waals surface area contributed by atoms with Gasteiger partial charge in [-0.1, -0.05) is 89.5 Å². The maximum absolute atomic E-state index is 4.53. The van der Waals surface area contributed by atoms with Crippen molar-refractivity contribution in [1.29, 1.82) is 0 Å². The average molecular weight is 365 g/mol. The van der Waals surface area contributed by atoms with Crippen molar-refractivity contribution in [2.45, 2.75) is 84.5 Å². The van der Waals surface area contributed by atoms with Crippen molar-refractivity contribution in [2.75, 3.05) is 0 Å². The zero-order valence-electron chi connectivity index (χ0n) is 17.3. The van der Waals surface area contributed by atoms with Crippen molar-refractivity contribution >= 4 is 0 Å². The highest BCUT2D eigenvalue weighted by Gasteiger charge is 2.20. The first-order chi connectivity index (χ1) is 13.3. The molecular weight excluding hydrogens is 328 g/mol. The van der Waals surface area contributed by atoms with Crippen molar-refractivity contribution in [3.8, 4) is 11.4 Å². The maximum Gasteiger partial charge on any atom is 0.159 e. The minimum atomic E-state index is 0.840. The van der Waals surface area contributed by atoms with Gasteiger partial charge in [0.25, 0.3) is 0 Å². The van der Waals surface area contributed by atoms with Crippen LogP contribution in [0.5, 0.6) is 0 Å². The van der Waals surface area contributed by atoms with Gasteiger partial charge < -0.3 is 0 Å². The van der Waals surface area contributed by atoms with Gasteiger partial charge in [0.1, 0.15) is 0 Å². The van der Waals surface area contributed by atoms with Crippen LogP contribution in [0.3, 0.4) is 0 Å². The lowest BCUT2D eigenvalue weighted by Gasteiger charge is -2.28. The predicted molar refractivity (Wildman–Crippen MR) is 115 cm³/mol. The van der Waals surface area contributed by atoms with Crippen LogP contribution >= 0.6 is 0 Å². The van der Waals surface area contributed by atoms with Crippen LogP contribution in [0.4, 0.5) is 0 Å². The summed E-state index contributed by atoms with van der Waals surface area (Å²) in [5.41, 5.74) is 3.80. The predicted octanol–water partition coefficient (Wildman–Crippen LogP) is 7.03. The summed E-state index contributed by atoms with van der Waals surface area (Å²) in [5.74, 6) is 2.80. The first-order valence-electron chi connectivity index (χ1n) is 11.2. The lowest BCUT2D eigenvalue weighted by atomic mass is 9.78. The van der Waals surface area contributed by atoms with Gasteiger partial charge in [-0.3, -0.25) is 0 Å². The summed E-state index contributed by atoms with van der Waals surface area (Å²) in [4.78, 5) is 9.07. The summed E-state index contributed by atoms with van der Waals surface area (Å²) in [7, 11) is 0. The van der Waals surface area contributed by atoms with Gasteiger partial charge in [-0.05, 0) is 42.2 Å². The number of unbranched alkanes of at least 4 members (excludes halogenated alkanes) is 1. The van der Waals surface area contributed by atoms with Gasteiger partial charge in [0, 0.05) is 18.0 Å². The summed E-state index contributed by atoms with van der Waals surface area (Å²) in [6.07, 6.45) is 18.8. The van der Waals surface area contributed by atoms with Crippen LogP contribution in [0.1, 0.15) is 82.8 Å². The number of hydrogen-bond donors (Lipinski definition) is 0. The standard InChI is InChI=1S/C25H36N2/c1-3-5-7-20-8-10-21(11-9-20)12-13-22-14-16-24(17-15-22)25-26-18-23(6-4-2)19-27-25/h14-21H,3-13H2,1-2H3. The summed E-state index contributed by atoms with van der Waals surface area (Å²) >= 11 is 0. The summed E-state index contributed by atoms with van der Waals surface area (Å²) in [6, 6.07) is 8.91. The lowest BCUT2D eigenvalue weighted by molar-refractivity contribution is 0.250. The van der Waals surface area contributed by atoms with Crippen LogP contribution < -0.4 is 0 Å². The molecule has 1 saturated carbocycles. The Hall–Kier alpha value is -1.70. The van der Waals surface area contributed by atoms with E-state index in [0.29, 0.717) is 0 Å². The van der Waals surface area contributed by atoms with E-state index in [1.165, 1.54) is 68.9 Å². The van der Waals surface area contributed by atoms with Gasteiger partial charge in [-0.25, -0.2) is 9.97 Å². The Kier molecular flexibility index (Phi) is 7.86. The molecule has 0 bridgehead atoms. The van der Waals surface area contributed by atoms with Gasteiger partial charge >= 0.3 is 0 Å². The molecule has 1 aliphatic carbocycles. The van der Waals surface area contributed by atoms with E-state index in [2.05, 4.69) is 48.1 Å². The molecule has 0 atom stereocenters. The number of rotatable bonds is 9. The Bertz CT molecular complexity index is 652. The Balaban J connectivity index is 1.45. The third-order valence-corrected chi connectivity index (χ3v) is 6.23. The van der Waals surface area contributed by atoms with Crippen LogP contribution in [0.25, 0.3) is 11.4 Å². The first-order valence-corrected chi connectivity index (χ1v) is 11.2. The van der Waals surface area contributed by atoms with E-state index in [4.69, 9.17) is 0 Å². The SMILES string of the molecule is CCCCC1CCC(CCc2ccc(-c3ncc(CCC)cn3)cc2)CC1. The molecule has 0 radical (unpaired) electrons. The molecule has 1 aromatic heterocycles. The zero-order valence-corrected chi connectivity index (χ0v) is 17.3. The van der Waals surface area contributed by atoms with Gasteiger partial charge in [0.2, 0.25) is 0 Å². The lowest BCUT2D eigenvalue weighted by Crippen LogP contribution is -2.15. The molecule has 1 heterocycles. The highest BCUT2D eigenvalue weighted by molar-refractivity contribution is 5.55. The molecule has 0 amide bonds. The van der Waals surface area contributed by atoms with E-state index in [0.717, 1.165) is 36.1 Å². The summed E-state index contributed by atoms with van der Waals surface area (Å²) < 4.78 is 0. The van der Waals surface area contributed by atoms with Crippen LogP contribution in [-0.2, 0) is 12.8 Å². The number of benzene rings is 1. The Morgan fingerprint density at radius 2 is 1.37 bits per heavy atom. The topological polar surface area (TPSA) is 25.8 Å². The second-order valence-corrected chi connectivity index (χ2v) is 8.43. The molecule has 3 rings (SSSR count). The molecular formula is C25H36N2. The van der Waals surface area contributed by atoms with Gasteiger partial charge in [-0.15, -0.1) is 0 Å². The van der Waals surface area contributed by atoms with Crippen molar-refractivity contribution in [2.24, 2.45) is 11.8 Å². The molecule has 27 heavy (non-hydrogen) atoms. The molecule has 0 unspecified atom stereocenters. The molecule has 0 aliphatic heterocycles. The van der Waals surface area contributed by atoms with Crippen molar-refractivity contribution < 1.29 is 0 Å². The number of aromatic nitrogens is 2. The second-order valence-electron chi connectivity index (χ2n) is 8.43. The fourth-order valence-electron chi connectivity index (χ4n) is 4.41. The molecule has 0 saturated heterocycles. The molecule has 0 N–H and O–H groups in total. The molecule has 1 fully saturated rings. The van der Waals surface area contributed by atoms with Crippen molar-refractivity contribution in [3.05, 3.63) is 47.8 Å². The second kappa shape index (κ2) is 10.6. The fourth-order valence-corrected chi connectivity index (χ4v) is 4.41. The highest BCUT2D eigenvalue weighted by Crippen LogP contribution is 2.34. The largest absolute Gasteiger partial charge is 0.236 e. The molecule has 0 spiro atoms. The molecule has 2 heteroatoms. The first kappa shape index (κ1) is 20.0. The van der Waals surface area contributed by atoms with E-state index in [1.807, 2.05) is 12.4 Å². The van der Waals surface area contributed by atoms with Crippen LogP contribution in [0.2, 0.25) is 0 Å². The fraction of sp³-hybridized carbons (Fsp3) is 0.600. The van der Waals surface area contributed by atoms with Gasteiger partial charge in [0.05, 0.1) is 0 Å². The van der Waals surface area contributed by atoms with Crippen molar-refractivity contribution in [1.82, 2.24) is 9.97 Å². The van der Waals surface area contributed by atoms with Gasteiger partial charge in [0.15, 0.2) is 5.82 Å². The van der Waals surface area contributed by atoms with Crippen LogP contribution in [0.15, 0.2) is 36.7 Å². The smallest absolute Gasteiger partial charge is 0.159 e. The van der Waals surface area contributed by atoms with E-state index in [-0.39, 0.29) is 0 Å². The van der Waals surface area contributed by atoms with E-state index in [1.54, 1.807) is 0 Å². The molecule has 146 valence electrons. The highest BCUT2D eigenvalue weighted by atomic mass is 14.9. The van der Waals surface area contributed by atoms with E-state index in [9.17, 15) is 0 Å². The number of hydrogen-bond acceptors (Lipinski definition) is 2. The van der Waals surface area contributed by atoms with Gasteiger partial charge in [-0.2, -0.15) is 0 Å². The average Bonchev–Trinajstić information content (AvgIpc) is 2.73. The number of nitrogens with zero attached hydrogens (tertiary/aromatic N) is 2. The molecule has 1 aliphatic rings. The van der Waals surface area contributed by atoms with Crippen LogP contribution in [-0.4, -0.2) is 9.97 Å². The molecule has 1 aromatic carbocycles.